The van der Waals surface area contributed by atoms with Crippen molar-refractivity contribution in [2.45, 2.75) is 20.1 Å². The van der Waals surface area contributed by atoms with Crippen molar-refractivity contribution in [2.75, 3.05) is 0 Å². The molecule has 4 nitrogen and oxygen atoms in total. The van der Waals surface area contributed by atoms with Gasteiger partial charge in [0.15, 0.2) is 0 Å². The summed E-state index contributed by atoms with van der Waals surface area (Å²) in [7, 11) is 0. The molecular formula is C16H16BrNO3. The number of hydrogen-bond donors (Lipinski definition) is 1. The summed E-state index contributed by atoms with van der Waals surface area (Å²) in [6.45, 7) is 2.09. The second kappa shape index (κ2) is 7.24. The minimum atomic E-state index is -0.314. The lowest BCUT2D eigenvalue weighted by atomic mass is 10.2. The highest BCUT2D eigenvalue weighted by molar-refractivity contribution is 9.10. The van der Waals surface area contributed by atoms with Crippen LogP contribution in [-0.2, 0) is 22.7 Å². The van der Waals surface area contributed by atoms with E-state index in [4.69, 9.17) is 15.2 Å². The van der Waals surface area contributed by atoms with Gasteiger partial charge in [0.2, 0.25) is 0 Å². The van der Waals surface area contributed by atoms with Gasteiger partial charge in [0.1, 0.15) is 18.1 Å². The largest absolute Gasteiger partial charge is 0.461 e. The molecule has 0 aromatic heterocycles. The van der Waals surface area contributed by atoms with Crippen LogP contribution in [0.5, 0.6) is 11.5 Å². The maximum atomic E-state index is 10.9. The molecule has 0 aliphatic heterocycles. The summed E-state index contributed by atoms with van der Waals surface area (Å²) >= 11 is 3.42. The topological polar surface area (TPSA) is 61.5 Å². The van der Waals surface area contributed by atoms with E-state index in [0.717, 1.165) is 21.3 Å². The van der Waals surface area contributed by atoms with Gasteiger partial charge in [0.05, 0.1) is 0 Å². The van der Waals surface area contributed by atoms with Crippen LogP contribution < -0.4 is 10.5 Å². The number of esters is 1. The molecule has 0 fully saturated rings. The maximum Gasteiger partial charge on any atom is 0.302 e. The number of benzene rings is 2. The number of carbonyl (C=O) groups excluding carboxylic acids is 1. The van der Waals surface area contributed by atoms with E-state index in [9.17, 15) is 4.79 Å². The first-order valence-electron chi connectivity index (χ1n) is 6.47. The number of halogens is 1. The van der Waals surface area contributed by atoms with Gasteiger partial charge in [-0.15, -0.1) is 0 Å². The van der Waals surface area contributed by atoms with Gasteiger partial charge >= 0.3 is 5.97 Å². The van der Waals surface area contributed by atoms with Crippen molar-refractivity contribution in [1.82, 2.24) is 0 Å². The number of rotatable bonds is 5. The first-order chi connectivity index (χ1) is 10.1. The third-order valence-corrected chi connectivity index (χ3v) is 3.62. The van der Waals surface area contributed by atoms with Gasteiger partial charge in [-0.2, -0.15) is 0 Å². The Bertz CT molecular complexity index is 626. The van der Waals surface area contributed by atoms with Crippen molar-refractivity contribution < 1.29 is 14.3 Å². The Balaban J connectivity index is 2.12. The molecule has 0 aliphatic rings. The molecule has 0 saturated carbocycles. The minimum absolute atomic E-state index is 0.208. The Morgan fingerprint density at radius 3 is 2.43 bits per heavy atom. The van der Waals surface area contributed by atoms with Crippen molar-refractivity contribution in [1.29, 1.82) is 0 Å². The zero-order chi connectivity index (χ0) is 15.2. The summed E-state index contributed by atoms with van der Waals surface area (Å²) in [5, 5.41) is 0. The fourth-order valence-corrected chi connectivity index (χ4v) is 2.10. The average molecular weight is 350 g/mol. The normalized spacial score (nSPS) is 10.2. The van der Waals surface area contributed by atoms with E-state index in [1.165, 1.54) is 6.92 Å². The van der Waals surface area contributed by atoms with E-state index in [2.05, 4.69) is 15.9 Å². The molecular weight excluding hydrogens is 334 g/mol. The predicted molar refractivity (Wildman–Crippen MR) is 84.0 cm³/mol. The fraction of sp³-hybridized carbons (Fsp3) is 0.188. The molecule has 2 aromatic carbocycles. The van der Waals surface area contributed by atoms with Crippen LogP contribution in [0.25, 0.3) is 0 Å². The summed E-state index contributed by atoms with van der Waals surface area (Å²) in [6, 6.07) is 13.1. The van der Waals surface area contributed by atoms with Crippen LogP contribution in [0.15, 0.2) is 46.9 Å². The van der Waals surface area contributed by atoms with Crippen molar-refractivity contribution in [3.63, 3.8) is 0 Å². The molecule has 0 unspecified atom stereocenters. The molecule has 0 aliphatic carbocycles. The standard InChI is InChI=1S/C16H16BrNO3/c1-11(19)20-10-13-8-15(6-7-16(13)17)21-14-4-2-12(9-18)3-5-14/h2-8H,9-10,18H2,1H3. The zero-order valence-corrected chi connectivity index (χ0v) is 13.2. The molecule has 0 bridgehead atoms. The van der Waals surface area contributed by atoms with E-state index in [1.807, 2.05) is 42.5 Å². The van der Waals surface area contributed by atoms with E-state index in [-0.39, 0.29) is 12.6 Å². The number of carbonyl (C=O) groups is 1. The molecule has 21 heavy (non-hydrogen) atoms. The van der Waals surface area contributed by atoms with Gasteiger partial charge in [0.25, 0.3) is 0 Å². The van der Waals surface area contributed by atoms with Crippen LogP contribution in [0, 0.1) is 0 Å². The summed E-state index contributed by atoms with van der Waals surface area (Å²) in [4.78, 5) is 10.9. The van der Waals surface area contributed by atoms with Crippen LogP contribution in [0.4, 0.5) is 0 Å². The van der Waals surface area contributed by atoms with Gasteiger partial charge in [0, 0.05) is 23.5 Å². The molecule has 2 rings (SSSR count). The number of hydrogen-bond acceptors (Lipinski definition) is 4. The summed E-state index contributed by atoms with van der Waals surface area (Å²) in [5.74, 6) is 1.10. The molecule has 0 heterocycles. The molecule has 5 heteroatoms. The predicted octanol–water partition coefficient (Wildman–Crippen LogP) is 3.76. The molecule has 0 saturated heterocycles. The van der Waals surface area contributed by atoms with E-state index in [0.29, 0.717) is 12.3 Å². The van der Waals surface area contributed by atoms with Crippen LogP contribution in [0.3, 0.4) is 0 Å². The summed E-state index contributed by atoms with van der Waals surface area (Å²) in [6.07, 6.45) is 0. The number of ether oxygens (including phenoxy) is 2. The second-order valence-electron chi connectivity index (χ2n) is 4.48. The van der Waals surface area contributed by atoms with Crippen molar-refractivity contribution >= 4 is 21.9 Å². The van der Waals surface area contributed by atoms with Crippen molar-refractivity contribution in [3.8, 4) is 11.5 Å². The van der Waals surface area contributed by atoms with E-state index < -0.39 is 0 Å². The molecule has 0 radical (unpaired) electrons. The van der Waals surface area contributed by atoms with E-state index in [1.54, 1.807) is 0 Å². The van der Waals surface area contributed by atoms with Gasteiger partial charge in [-0.3, -0.25) is 4.79 Å². The highest BCUT2D eigenvalue weighted by Gasteiger charge is 2.05. The lowest BCUT2D eigenvalue weighted by Crippen LogP contribution is -2.00. The third-order valence-electron chi connectivity index (χ3n) is 2.84. The van der Waals surface area contributed by atoms with Gasteiger partial charge in [-0.05, 0) is 35.9 Å². The van der Waals surface area contributed by atoms with Crippen molar-refractivity contribution in [2.24, 2.45) is 5.73 Å². The first kappa shape index (κ1) is 15.5. The van der Waals surface area contributed by atoms with Gasteiger partial charge < -0.3 is 15.2 Å². The summed E-state index contributed by atoms with van der Waals surface area (Å²) < 4.78 is 11.7. The molecule has 2 N–H and O–H groups in total. The Morgan fingerprint density at radius 1 is 1.14 bits per heavy atom. The smallest absolute Gasteiger partial charge is 0.302 e. The minimum Gasteiger partial charge on any atom is -0.461 e. The Labute approximate surface area is 132 Å². The molecule has 0 atom stereocenters. The molecule has 0 amide bonds. The highest BCUT2D eigenvalue weighted by atomic mass is 79.9. The van der Waals surface area contributed by atoms with Crippen LogP contribution in [0.1, 0.15) is 18.1 Å². The average Bonchev–Trinajstić information content (AvgIpc) is 2.48. The quantitative estimate of drug-likeness (QED) is 0.834. The van der Waals surface area contributed by atoms with Crippen molar-refractivity contribution in [3.05, 3.63) is 58.1 Å². The lowest BCUT2D eigenvalue weighted by Gasteiger charge is -2.10. The van der Waals surface area contributed by atoms with E-state index >= 15 is 0 Å². The van der Waals surface area contributed by atoms with Crippen LogP contribution >= 0.6 is 15.9 Å². The first-order valence-corrected chi connectivity index (χ1v) is 7.26. The van der Waals surface area contributed by atoms with Crippen LogP contribution in [-0.4, -0.2) is 5.97 Å². The molecule has 2 aromatic rings. The third kappa shape index (κ3) is 4.58. The Kier molecular flexibility index (Phi) is 5.36. The molecule has 0 spiro atoms. The highest BCUT2D eigenvalue weighted by Crippen LogP contribution is 2.27. The monoisotopic (exact) mass is 349 g/mol. The van der Waals surface area contributed by atoms with Gasteiger partial charge in [-0.25, -0.2) is 0 Å². The lowest BCUT2D eigenvalue weighted by molar-refractivity contribution is -0.142. The maximum absolute atomic E-state index is 10.9. The van der Waals surface area contributed by atoms with Crippen LogP contribution in [0.2, 0.25) is 0 Å². The second-order valence-corrected chi connectivity index (χ2v) is 5.34. The Hall–Kier alpha value is -1.85. The van der Waals surface area contributed by atoms with Gasteiger partial charge in [-0.1, -0.05) is 28.1 Å². The Morgan fingerprint density at radius 2 is 1.81 bits per heavy atom. The zero-order valence-electron chi connectivity index (χ0n) is 11.6. The molecule has 110 valence electrons. The summed E-state index contributed by atoms with van der Waals surface area (Å²) in [5.41, 5.74) is 7.46. The SMILES string of the molecule is CC(=O)OCc1cc(Oc2ccc(CN)cc2)ccc1Br. The number of nitrogens with two attached hydrogens (primary N) is 1. The fourth-order valence-electron chi connectivity index (χ4n) is 1.73.